The summed E-state index contributed by atoms with van der Waals surface area (Å²) in [4.78, 5) is 18.4. The Bertz CT molecular complexity index is 907. The van der Waals surface area contributed by atoms with Gasteiger partial charge in [-0.25, -0.2) is 4.98 Å². The Labute approximate surface area is 172 Å². The van der Waals surface area contributed by atoms with E-state index in [-0.39, 0.29) is 0 Å². The van der Waals surface area contributed by atoms with Gasteiger partial charge in [-0.05, 0) is 43.3 Å². The first kappa shape index (κ1) is 19.5. The molecule has 0 spiro atoms. The second kappa shape index (κ2) is 9.62. The lowest BCUT2D eigenvalue weighted by molar-refractivity contribution is 0.158. The van der Waals surface area contributed by atoms with E-state index in [1.165, 1.54) is 5.56 Å². The molecule has 3 heterocycles. The third kappa shape index (κ3) is 5.40. The summed E-state index contributed by atoms with van der Waals surface area (Å²) < 4.78 is 0. The van der Waals surface area contributed by atoms with Crippen LogP contribution in [0.4, 0.5) is 11.8 Å². The zero-order valence-corrected chi connectivity index (χ0v) is 17.0. The van der Waals surface area contributed by atoms with Crippen LogP contribution in [0.1, 0.15) is 5.56 Å². The lowest BCUT2D eigenvalue weighted by Crippen LogP contribution is -2.45. The number of nitrogens with one attached hydrogen (secondary N) is 2. The fourth-order valence-electron chi connectivity index (χ4n) is 3.56. The van der Waals surface area contributed by atoms with E-state index in [4.69, 9.17) is 4.98 Å². The third-order valence-electron chi connectivity index (χ3n) is 5.37. The summed E-state index contributed by atoms with van der Waals surface area (Å²) in [5, 5.41) is 7.97. The van der Waals surface area contributed by atoms with E-state index in [9.17, 15) is 0 Å². The first-order chi connectivity index (χ1) is 14.3. The van der Waals surface area contributed by atoms with E-state index < -0.39 is 0 Å². The molecule has 0 saturated carbocycles. The molecule has 0 amide bonds. The molecular formula is C22H29N7. The predicted octanol–water partition coefficient (Wildman–Crippen LogP) is 2.34. The van der Waals surface area contributed by atoms with Gasteiger partial charge in [-0.15, -0.1) is 0 Å². The summed E-state index contributed by atoms with van der Waals surface area (Å²) in [6, 6.07) is 12.2. The Morgan fingerprint density at radius 3 is 2.52 bits per heavy atom. The van der Waals surface area contributed by atoms with Gasteiger partial charge in [0, 0.05) is 63.6 Å². The molecule has 0 radical (unpaired) electrons. The maximum atomic E-state index is 4.75. The van der Waals surface area contributed by atoms with E-state index in [0.717, 1.165) is 69.0 Å². The molecule has 0 atom stereocenters. The Hall–Kier alpha value is -2.77. The molecular weight excluding hydrogens is 362 g/mol. The molecule has 2 aromatic heterocycles. The Morgan fingerprint density at radius 2 is 1.69 bits per heavy atom. The van der Waals surface area contributed by atoms with Gasteiger partial charge in [0.05, 0.1) is 5.52 Å². The van der Waals surface area contributed by atoms with Crippen LogP contribution in [0.5, 0.6) is 0 Å². The number of anilines is 2. The van der Waals surface area contributed by atoms with Crippen LogP contribution in [0.2, 0.25) is 0 Å². The van der Waals surface area contributed by atoms with E-state index in [0.29, 0.717) is 5.95 Å². The number of likely N-dealkylation sites (N-methyl/N-ethyl adjacent to an activating group) is 1. The smallest absolute Gasteiger partial charge is 0.225 e. The topological polar surface area (TPSA) is 69.2 Å². The fraction of sp³-hybridized carbons (Fsp3) is 0.409. The molecule has 2 N–H and O–H groups in total. The molecule has 1 aliphatic heterocycles. The minimum absolute atomic E-state index is 0.667. The monoisotopic (exact) mass is 391 g/mol. The number of hydrogen-bond acceptors (Lipinski definition) is 7. The number of rotatable bonds is 8. The summed E-state index contributed by atoms with van der Waals surface area (Å²) >= 11 is 0. The molecule has 4 rings (SSSR count). The maximum Gasteiger partial charge on any atom is 0.225 e. The van der Waals surface area contributed by atoms with Crippen LogP contribution in [0.25, 0.3) is 10.9 Å². The van der Waals surface area contributed by atoms with Crippen molar-refractivity contribution in [2.24, 2.45) is 0 Å². The minimum Gasteiger partial charge on any atom is -0.368 e. The largest absolute Gasteiger partial charge is 0.368 e. The average molecular weight is 392 g/mol. The van der Waals surface area contributed by atoms with Gasteiger partial charge in [-0.1, -0.05) is 12.1 Å². The number of pyridine rings is 1. The number of para-hydroxylation sites is 1. The second-order valence-corrected chi connectivity index (χ2v) is 7.52. The van der Waals surface area contributed by atoms with Gasteiger partial charge in [-0.3, -0.25) is 9.88 Å². The number of benzene rings is 1. The minimum atomic E-state index is 0.667. The molecule has 7 nitrogen and oxygen atoms in total. The fourth-order valence-corrected chi connectivity index (χ4v) is 3.56. The van der Waals surface area contributed by atoms with Crippen molar-refractivity contribution in [3.63, 3.8) is 0 Å². The molecule has 1 aliphatic rings. The van der Waals surface area contributed by atoms with E-state index >= 15 is 0 Å². The SMILES string of the molecule is CN1CCN(CCNc2nc(NCCc3ccncc3)nc3ccccc23)CC1. The van der Waals surface area contributed by atoms with Crippen molar-refractivity contribution in [1.82, 2.24) is 24.8 Å². The van der Waals surface area contributed by atoms with Crippen LogP contribution in [-0.2, 0) is 6.42 Å². The van der Waals surface area contributed by atoms with Crippen LogP contribution in [0, 0.1) is 0 Å². The van der Waals surface area contributed by atoms with Crippen molar-refractivity contribution in [2.75, 3.05) is 63.5 Å². The number of fused-ring (bicyclic) bond motifs is 1. The molecule has 1 aromatic carbocycles. The van der Waals surface area contributed by atoms with E-state index in [2.05, 4.69) is 43.5 Å². The summed E-state index contributed by atoms with van der Waals surface area (Å²) in [5.74, 6) is 1.57. The standard InChI is InChI=1S/C22H29N7/c1-28-14-16-29(17-15-28)13-12-24-21-19-4-2-3-5-20(19)26-22(27-21)25-11-8-18-6-9-23-10-7-18/h2-7,9-10H,8,11-17H2,1H3,(H2,24,25,26,27). The van der Waals surface area contributed by atoms with Gasteiger partial charge in [0.1, 0.15) is 5.82 Å². The Balaban J connectivity index is 1.39. The van der Waals surface area contributed by atoms with Gasteiger partial charge in [0.25, 0.3) is 0 Å². The summed E-state index contributed by atoms with van der Waals surface area (Å²) in [6.07, 6.45) is 4.55. The summed E-state index contributed by atoms with van der Waals surface area (Å²) in [5.41, 5.74) is 2.20. The number of aromatic nitrogens is 3. The van der Waals surface area contributed by atoms with Gasteiger partial charge >= 0.3 is 0 Å². The zero-order valence-electron chi connectivity index (χ0n) is 17.0. The van der Waals surface area contributed by atoms with E-state index in [1.54, 1.807) is 0 Å². The van der Waals surface area contributed by atoms with Crippen molar-refractivity contribution in [2.45, 2.75) is 6.42 Å². The summed E-state index contributed by atoms with van der Waals surface area (Å²) in [7, 11) is 2.19. The number of nitrogens with zero attached hydrogens (tertiary/aromatic N) is 5. The number of hydrogen-bond donors (Lipinski definition) is 2. The molecule has 7 heteroatoms. The van der Waals surface area contributed by atoms with Crippen molar-refractivity contribution in [3.05, 3.63) is 54.4 Å². The van der Waals surface area contributed by atoms with Gasteiger partial charge in [-0.2, -0.15) is 4.98 Å². The highest BCUT2D eigenvalue weighted by atomic mass is 15.3. The highest BCUT2D eigenvalue weighted by Crippen LogP contribution is 2.21. The Kier molecular flexibility index (Phi) is 6.49. The molecule has 0 bridgehead atoms. The summed E-state index contributed by atoms with van der Waals surface area (Å²) in [6.45, 7) is 7.22. The quantitative estimate of drug-likeness (QED) is 0.611. The molecule has 29 heavy (non-hydrogen) atoms. The molecule has 1 fully saturated rings. The lowest BCUT2D eigenvalue weighted by atomic mass is 10.2. The Morgan fingerprint density at radius 1 is 0.897 bits per heavy atom. The van der Waals surface area contributed by atoms with Crippen LogP contribution in [0.15, 0.2) is 48.8 Å². The maximum absolute atomic E-state index is 4.75. The first-order valence-electron chi connectivity index (χ1n) is 10.3. The predicted molar refractivity (Wildman–Crippen MR) is 118 cm³/mol. The van der Waals surface area contributed by atoms with Crippen LogP contribution in [-0.4, -0.2) is 77.6 Å². The molecule has 1 saturated heterocycles. The van der Waals surface area contributed by atoms with Gasteiger partial charge < -0.3 is 15.5 Å². The zero-order chi connectivity index (χ0) is 19.9. The van der Waals surface area contributed by atoms with Gasteiger partial charge in [0.15, 0.2) is 0 Å². The lowest BCUT2D eigenvalue weighted by Gasteiger charge is -2.32. The van der Waals surface area contributed by atoms with Crippen molar-refractivity contribution < 1.29 is 0 Å². The molecule has 0 aliphatic carbocycles. The highest BCUT2D eigenvalue weighted by molar-refractivity contribution is 5.90. The van der Waals surface area contributed by atoms with Crippen LogP contribution >= 0.6 is 0 Å². The van der Waals surface area contributed by atoms with Crippen molar-refractivity contribution in [1.29, 1.82) is 0 Å². The van der Waals surface area contributed by atoms with Crippen molar-refractivity contribution >= 4 is 22.7 Å². The molecule has 152 valence electrons. The highest BCUT2D eigenvalue weighted by Gasteiger charge is 2.13. The number of piperazine rings is 1. The average Bonchev–Trinajstić information content (AvgIpc) is 2.76. The van der Waals surface area contributed by atoms with E-state index in [1.807, 2.05) is 42.7 Å². The van der Waals surface area contributed by atoms with Crippen LogP contribution < -0.4 is 10.6 Å². The normalized spacial score (nSPS) is 15.5. The van der Waals surface area contributed by atoms with Gasteiger partial charge in [0.2, 0.25) is 5.95 Å². The third-order valence-corrected chi connectivity index (χ3v) is 5.37. The molecule has 3 aromatic rings. The molecule has 0 unspecified atom stereocenters. The first-order valence-corrected chi connectivity index (χ1v) is 10.3. The van der Waals surface area contributed by atoms with Crippen molar-refractivity contribution in [3.8, 4) is 0 Å². The van der Waals surface area contributed by atoms with Crippen LogP contribution in [0.3, 0.4) is 0 Å². The second-order valence-electron chi connectivity index (χ2n) is 7.52.